The van der Waals surface area contributed by atoms with E-state index in [1.807, 2.05) is 24.3 Å². The molecule has 0 spiro atoms. The van der Waals surface area contributed by atoms with Gasteiger partial charge in [-0.3, -0.25) is 4.79 Å². The van der Waals surface area contributed by atoms with Gasteiger partial charge < -0.3 is 10.6 Å². The molecule has 0 unspecified atom stereocenters. The van der Waals surface area contributed by atoms with Gasteiger partial charge in [-0.25, -0.2) is 4.98 Å². The van der Waals surface area contributed by atoms with E-state index >= 15 is 0 Å². The van der Waals surface area contributed by atoms with Crippen LogP contribution in [0.5, 0.6) is 0 Å². The number of hydrogen-bond acceptors (Lipinski definition) is 3. The predicted octanol–water partition coefficient (Wildman–Crippen LogP) is 5.04. The summed E-state index contributed by atoms with van der Waals surface area (Å²) in [5, 5.41) is 8.41. The minimum Gasteiger partial charge on any atom is -0.367 e. The third-order valence-electron chi connectivity index (χ3n) is 5.10. The first kappa shape index (κ1) is 17.8. The number of anilines is 1. The van der Waals surface area contributed by atoms with Gasteiger partial charge >= 0.3 is 0 Å². The number of hydrogen-bond donors (Lipinski definition) is 2. The highest BCUT2D eigenvalue weighted by atomic mass is 35.5. The van der Waals surface area contributed by atoms with E-state index < -0.39 is 0 Å². The maximum absolute atomic E-state index is 12.4. The molecule has 138 valence electrons. The number of benzene rings is 2. The number of pyridine rings is 1. The SMILES string of the molecule is O=C(N[C@H]1CC[C@@H](Nc2ccc3ccccc3n2)CC1)c1cccc(Cl)c1. The van der Waals surface area contributed by atoms with E-state index in [2.05, 4.69) is 22.8 Å². The summed E-state index contributed by atoms with van der Waals surface area (Å²) >= 11 is 5.97. The Morgan fingerprint density at radius 2 is 1.70 bits per heavy atom. The van der Waals surface area contributed by atoms with Crippen molar-refractivity contribution in [1.82, 2.24) is 10.3 Å². The van der Waals surface area contributed by atoms with Crippen LogP contribution in [-0.4, -0.2) is 23.0 Å². The number of amides is 1. The molecule has 4 rings (SSSR count). The third kappa shape index (κ3) is 4.40. The molecule has 2 aromatic carbocycles. The maximum atomic E-state index is 12.4. The zero-order chi connectivity index (χ0) is 18.6. The number of nitrogens with zero attached hydrogens (tertiary/aromatic N) is 1. The van der Waals surface area contributed by atoms with Crippen LogP contribution in [0.15, 0.2) is 60.7 Å². The van der Waals surface area contributed by atoms with Crippen LogP contribution in [0.25, 0.3) is 10.9 Å². The number of rotatable bonds is 4. The zero-order valence-corrected chi connectivity index (χ0v) is 15.7. The molecule has 0 atom stereocenters. The maximum Gasteiger partial charge on any atom is 0.251 e. The van der Waals surface area contributed by atoms with Crippen molar-refractivity contribution in [3.05, 3.63) is 71.2 Å². The molecule has 1 fully saturated rings. The van der Waals surface area contributed by atoms with Gasteiger partial charge in [-0.1, -0.05) is 35.9 Å². The molecule has 4 nitrogen and oxygen atoms in total. The van der Waals surface area contributed by atoms with Gasteiger partial charge in [-0.15, -0.1) is 0 Å². The number of carbonyl (C=O) groups is 1. The highest BCUT2D eigenvalue weighted by Crippen LogP contribution is 2.23. The molecule has 0 aliphatic heterocycles. The minimum absolute atomic E-state index is 0.0508. The number of fused-ring (bicyclic) bond motifs is 1. The molecule has 5 heteroatoms. The van der Waals surface area contributed by atoms with Gasteiger partial charge in [0, 0.05) is 28.1 Å². The summed E-state index contributed by atoms with van der Waals surface area (Å²) in [6, 6.07) is 19.9. The van der Waals surface area contributed by atoms with Crippen molar-refractivity contribution in [1.29, 1.82) is 0 Å². The molecule has 1 heterocycles. The number of nitrogens with one attached hydrogen (secondary N) is 2. The summed E-state index contributed by atoms with van der Waals surface area (Å²) in [6.45, 7) is 0. The number of aromatic nitrogens is 1. The fourth-order valence-corrected chi connectivity index (χ4v) is 3.83. The molecule has 2 N–H and O–H groups in total. The summed E-state index contributed by atoms with van der Waals surface area (Å²) in [5.74, 6) is 0.866. The minimum atomic E-state index is -0.0508. The number of para-hydroxylation sites is 1. The summed E-state index contributed by atoms with van der Waals surface area (Å²) in [7, 11) is 0. The Balaban J connectivity index is 1.31. The molecule has 0 bridgehead atoms. The third-order valence-corrected chi connectivity index (χ3v) is 5.33. The highest BCUT2D eigenvalue weighted by molar-refractivity contribution is 6.30. The van der Waals surface area contributed by atoms with E-state index in [-0.39, 0.29) is 11.9 Å². The van der Waals surface area contributed by atoms with Crippen molar-refractivity contribution in [3.63, 3.8) is 0 Å². The van der Waals surface area contributed by atoms with Crippen LogP contribution in [0, 0.1) is 0 Å². The van der Waals surface area contributed by atoms with Gasteiger partial charge in [0.25, 0.3) is 5.91 Å². The lowest BCUT2D eigenvalue weighted by Crippen LogP contribution is -2.40. The molecule has 0 saturated heterocycles. The summed E-state index contributed by atoms with van der Waals surface area (Å²) in [4.78, 5) is 17.1. The van der Waals surface area contributed by atoms with Gasteiger partial charge in [0.1, 0.15) is 5.82 Å². The van der Waals surface area contributed by atoms with Gasteiger partial charge in [0.2, 0.25) is 0 Å². The van der Waals surface area contributed by atoms with Gasteiger partial charge in [0.15, 0.2) is 0 Å². The second-order valence-corrected chi connectivity index (χ2v) is 7.50. The lowest BCUT2D eigenvalue weighted by molar-refractivity contribution is 0.0926. The Hall–Kier alpha value is -2.59. The van der Waals surface area contributed by atoms with Crippen LogP contribution in [0.3, 0.4) is 0 Å². The Labute approximate surface area is 164 Å². The van der Waals surface area contributed by atoms with E-state index in [4.69, 9.17) is 16.6 Å². The van der Waals surface area contributed by atoms with Crippen molar-refractivity contribution in [2.24, 2.45) is 0 Å². The predicted molar refractivity (Wildman–Crippen MR) is 110 cm³/mol. The lowest BCUT2D eigenvalue weighted by Gasteiger charge is -2.30. The molecular weight excluding hydrogens is 358 g/mol. The fraction of sp³-hybridized carbons (Fsp3) is 0.273. The summed E-state index contributed by atoms with van der Waals surface area (Å²) in [5.41, 5.74) is 1.62. The molecule has 0 radical (unpaired) electrons. The number of carbonyl (C=O) groups excluding carboxylic acids is 1. The van der Waals surface area contributed by atoms with Crippen molar-refractivity contribution < 1.29 is 4.79 Å². The van der Waals surface area contributed by atoms with Crippen LogP contribution in [0.2, 0.25) is 5.02 Å². The Kier molecular flexibility index (Phi) is 5.26. The van der Waals surface area contributed by atoms with E-state index in [0.717, 1.165) is 42.4 Å². The second kappa shape index (κ2) is 7.97. The van der Waals surface area contributed by atoms with Crippen molar-refractivity contribution in [2.45, 2.75) is 37.8 Å². The highest BCUT2D eigenvalue weighted by Gasteiger charge is 2.23. The van der Waals surface area contributed by atoms with Gasteiger partial charge in [-0.2, -0.15) is 0 Å². The van der Waals surface area contributed by atoms with Crippen LogP contribution in [-0.2, 0) is 0 Å². The first-order valence-corrected chi connectivity index (χ1v) is 9.74. The topological polar surface area (TPSA) is 54.0 Å². The van der Waals surface area contributed by atoms with E-state index in [0.29, 0.717) is 16.6 Å². The van der Waals surface area contributed by atoms with Crippen molar-refractivity contribution in [2.75, 3.05) is 5.32 Å². The lowest BCUT2D eigenvalue weighted by atomic mass is 9.91. The summed E-state index contributed by atoms with van der Waals surface area (Å²) in [6.07, 6.45) is 3.93. The standard InChI is InChI=1S/C22H22ClN3O/c23-17-6-3-5-16(14-17)22(27)25-19-11-9-18(10-12-19)24-21-13-8-15-4-1-2-7-20(15)26-21/h1-8,13-14,18-19H,9-12H2,(H,24,26)(H,25,27)/t18-,19+. The van der Waals surface area contributed by atoms with Gasteiger partial charge in [-0.05, 0) is 62.1 Å². The Morgan fingerprint density at radius 1 is 0.926 bits per heavy atom. The average molecular weight is 380 g/mol. The van der Waals surface area contributed by atoms with Crippen LogP contribution in [0.4, 0.5) is 5.82 Å². The monoisotopic (exact) mass is 379 g/mol. The van der Waals surface area contributed by atoms with E-state index in [1.165, 1.54) is 0 Å². The Bertz CT molecular complexity index is 951. The smallest absolute Gasteiger partial charge is 0.251 e. The molecule has 1 aliphatic carbocycles. The first-order chi connectivity index (χ1) is 13.2. The first-order valence-electron chi connectivity index (χ1n) is 9.36. The van der Waals surface area contributed by atoms with Crippen LogP contribution < -0.4 is 10.6 Å². The average Bonchev–Trinajstić information content (AvgIpc) is 2.69. The fourth-order valence-electron chi connectivity index (χ4n) is 3.64. The molecule has 27 heavy (non-hydrogen) atoms. The zero-order valence-electron chi connectivity index (χ0n) is 15.0. The van der Waals surface area contributed by atoms with Gasteiger partial charge in [0.05, 0.1) is 5.52 Å². The Morgan fingerprint density at radius 3 is 2.52 bits per heavy atom. The molecule has 1 aromatic heterocycles. The van der Waals surface area contributed by atoms with Crippen molar-refractivity contribution >= 4 is 34.2 Å². The number of halogens is 1. The molecule has 3 aromatic rings. The molecule has 1 aliphatic rings. The van der Waals surface area contributed by atoms with Crippen LogP contribution in [0.1, 0.15) is 36.0 Å². The summed E-state index contributed by atoms with van der Waals surface area (Å²) < 4.78 is 0. The molecule has 1 saturated carbocycles. The molecular formula is C22H22ClN3O. The largest absolute Gasteiger partial charge is 0.367 e. The van der Waals surface area contributed by atoms with Crippen LogP contribution >= 0.6 is 11.6 Å². The molecule has 1 amide bonds. The normalized spacial score (nSPS) is 19.6. The second-order valence-electron chi connectivity index (χ2n) is 7.07. The quantitative estimate of drug-likeness (QED) is 0.667. The van der Waals surface area contributed by atoms with E-state index in [9.17, 15) is 4.79 Å². The van der Waals surface area contributed by atoms with Crippen molar-refractivity contribution in [3.8, 4) is 0 Å². The van der Waals surface area contributed by atoms with E-state index in [1.54, 1.807) is 24.3 Å².